The fraction of sp³-hybridized carbons (Fsp3) is 0.600. The van der Waals surface area contributed by atoms with E-state index in [9.17, 15) is 0 Å². The highest BCUT2D eigenvalue weighted by Gasteiger charge is 2.00. The summed E-state index contributed by atoms with van der Waals surface area (Å²) in [6.45, 7) is 8.71. The van der Waals surface area contributed by atoms with Crippen LogP contribution in [-0.2, 0) is 6.54 Å². The predicted molar refractivity (Wildman–Crippen MR) is 76.4 cm³/mol. The minimum absolute atomic E-state index is 0.559. The molecule has 96 valence electrons. The Morgan fingerprint density at radius 2 is 1.76 bits per heavy atom. The van der Waals surface area contributed by atoms with Gasteiger partial charge in [0.1, 0.15) is 0 Å². The van der Waals surface area contributed by atoms with Gasteiger partial charge in [-0.25, -0.2) is 0 Å². The molecule has 0 aliphatic carbocycles. The van der Waals surface area contributed by atoms with Gasteiger partial charge in [-0.2, -0.15) is 0 Å². The van der Waals surface area contributed by atoms with E-state index >= 15 is 0 Å². The van der Waals surface area contributed by atoms with Crippen LogP contribution >= 0.6 is 0 Å². The van der Waals surface area contributed by atoms with Gasteiger partial charge in [-0.05, 0) is 44.0 Å². The first kappa shape index (κ1) is 14.0. The highest BCUT2D eigenvalue weighted by molar-refractivity contribution is 5.45. The Morgan fingerprint density at radius 1 is 1.06 bits per heavy atom. The quantitative estimate of drug-likeness (QED) is 0.669. The second-order valence-electron chi connectivity index (χ2n) is 4.71. The van der Waals surface area contributed by atoms with Crippen LogP contribution in [0, 0.1) is 0 Å². The fourth-order valence-electron chi connectivity index (χ4n) is 1.92. The van der Waals surface area contributed by atoms with Gasteiger partial charge in [0.25, 0.3) is 0 Å². The average Bonchev–Trinajstić information content (AvgIpc) is 2.32. The highest BCUT2D eigenvalue weighted by atomic mass is 14.9. The van der Waals surface area contributed by atoms with Crippen LogP contribution in [-0.4, -0.2) is 12.6 Å². The van der Waals surface area contributed by atoms with Gasteiger partial charge >= 0.3 is 0 Å². The summed E-state index contributed by atoms with van der Waals surface area (Å²) in [5.41, 5.74) is 2.58. The maximum atomic E-state index is 3.52. The van der Waals surface area contributed by atoms with Crippen molar-refractivity contribution in [1.82, 2.24) is 5.32 Å². The Balaban J connectivity index is 2.39. The van der Waals surface area contributed by atoms with Gasteiger partial charge in [0.15, 0.2) is 0 Å². The topological polar surface area (TPSA) is 24.1 Å². The van der Waals surface area contributed by atoms with Crippen molar-refractivity contribution in [2.75, 3.05) is 11.9 Å². The van der Waals surface area contributed by atoms with Gasteiger partial charge in [-0.1, -0.05) is 32.4 Å². The molecule has 2 N–H and O–H groups in total. The summed E-state index contributed by atoms with van der Waals surface area (Å²) in [6, 6.07) is 9.31. The molecule has 2 nitrogen and oxygen atoms in total. The van der Waals surface area contributed by atoms with Gasteiger partial charge in [0.05, 0.1) is 0 Å². The van der Waals surface area contributed by atoms with E-state index in [0.717, 1.165) is 13.1 Å². The zero-order valence-corrected chi connectivity index (χ0v) is 11.4. The Kier molecular flexibility index (Phi) is 6.71. The minimum atomic E-state index is 0.559. The lowest BCUT2D eigenvalue weighted by atomic mass is 10.1. The molecule has 1 unspecified atom stereocenters. The van der Waals surface area contributed by atoms with Crippen LogP contribution in [0.5, 0.6) is 0 Å². The molecular weight excluding hydrogens is 208 g/mol. The summed E-state index contributed by atoms with van der Waals surface area (Å²) < 4.78 is 0. The number of hydrogen-bond donors (Lipinski definition) is 2. The summed E-state index contributed by atoms with van der Waals surface area (Å²) in [7, 11) is 0. The Morgan fingerprint density at radius 3 is 2.35 bits per heavy atom. The van der Waals surface area contributed by atoms with Gasteiger partial charge in [-0.15, -0.1) is 0 Å². The molecule has 0 radical (unpaired) electrons. The van der Waals surface area contributed by atoms with Crippen molar-refractivity contribution in [3.05, 3.63) is 29.8 Å². The van der Waals surface area contributed by atoms with Gasteiger partial charge in [0, 0.05) is 18.3 Å². The summed E-state index contributed by atoms with van der Waals surface area (Å²) in [6.07, 6.45) is 3.64. The van der Waals surface area contributed by atoms with Crippen LogP contribution in [0.3, 0.4) is 0 Å². The second kappa shape index (κ2) is 8.13. The molecule has 1 aromatic carbocycles. The van der Waals surface area contributed by atoms with E-state index in [-0.39, 0.29) is 0 Å². The number of anilines is 1. The molecule has 1 aromatic rings. The number of benzene rings is 1. The first-order chi connectivity index (χ1) is 8.26. The summed E-state index contributed by atoms with van der Waals surface area (Å²) >= 11 is 0. The van der Waals surface area contributed by atoms with Crippen molar-refractivity contribution in [3.63, 3.8) is 0 Å². The minimum Gasteiger partial charge on any atom is -0.383 e. The first-order valence-corrected chi connectivity index (χ1v) is 6.82. The molecule has 17 heavy (non-hydrogen) atoms. The predicted octanol–water partition coefficient (Wildman–Crippen LogP) is 3.79. The molecule has 0 saturated carbocycles. The van der Waals surface area contributed by atoms with E-state index in [1.54, 1.807) is 0 Å². The molecule has 0 aliphatic heterocycles. The highest BCUT2D eigenvalue weighted by Crippen LogP contribution is 2.12. The summed E-state index contributed by atoms with van der Waals surface area (Å²) in [4.78, 5) is 0. The van der Waals surface area contributed by atoms with Gasteiger partial charge in [0.2, 0.25) is 0 Å². The van der Waals surface area contributed by atoms with Crippen molar-refractivity contribution in [2.24, 2.45) is 0 Å². The molecule has 0 saturated heterocycles. The standard InChI is InChI=1S/C15H26N2/c1-4-6-13(3)17-15-9-7-14(8-10-15)12-16-11-5-2/h7-10,13,16-17H,4-6,11-12H2,1-3H3. The van der Waals surface area contributed by atoms with E-state index < -0.39 is 0 Å². The molecular formula is C15H26N2. The molecule has 2 heteroatoms. The smallest absolute Gasteiger partial charge is 0.0342 e. The number of hydrogen-bond acceptors (Lipinski definition) is 2. The maximum Gasteiger partial charge on any atom is 0.0342 e. The third kappa shape index (κ3) is 5.73. The van der Waals surface area contributed by atoms with Crippen molar-refractivity contribution >= 4 is 5.69 Å². The lowest BCUT2D eigenvalue weighted by Gasteiger charge is -2.14. The normalized spacial score (nSPS) is 12.4. The van der Waals surface area contributed by atoms with E-state index in [4.69, 9.17) is 0 Å². The molecule has 0 aromatic heterocycles. The first-order valence-electron chi connectivity index (χ1n) is 6.82. The van der Waals surface area contributed by atoms with E-state index in [2.05, 4.69) is 55.7 Å². The molecule has 1 rings (SSSR count). The van der Waals surface area contributed by atoms with E-state index in [1.807, 2.05) is 0 Å². The fourth-order valence-corrected chi connectivity index (χ4v) is 1.92. The zero-order chi connectivity index (χ0) is 12.5. The largest absolute Gasteiger partial charge is 0.383 e. The van der Waals surface area contributed by atoms with Crippen molar-refractivity contribution in [2.45, 2.75) is 52.6 Å². The average molecular weight is 234 g/mol. The summed E-state index contributed by atoms with van der Waals surface area (Å²) in [5, 5.41) is 6.93. The van der Waals surface area contributed by atoms with Crippen LogP contribution in [0.25, 0.3) is 0 Å². The maximum absolute atomic E-state index is 3.52. The van der Waals surface area contributed by atoms with Crippen LogP contribution < -0.4 is 10.6 Å². The molecule has 0 aliphatic rings. The van der Waals surface area contributed by atoms with Crippen LogP contribution in [0.1, 0.15) is 45.6 Å². The Labute approximate surface area is 106 Å². The molecule has 0 spiro atoms. The monoisotopic (exact) mass is 234 g/mol. The lowest BCUT2D eigenvalue weighted by molar-refractivity contribution is 0.675. The Bertz CT molecular complexity index is 292. The molecule has 0 amide bonds. The van der Waals surface area contributed by atoms with Crippen molar-refractivity contribution in [3.8, 4) is 0 Å². The molecule has 0 heterocycles. The van der Waals surface area contributed by atoms with E-state index in [1.165, 1.54) is 30.5 Å². The third-order valence-corrected chi connectivity index (χ3v) is 2.84. The number of rotatable bonds is 8. The Hall–Kier alpha value is -1.02. The molecule has 0 bridgehead atoms. The van der Waals surface area contributed by atoms with Crippen molar-refractivity contribution in [1.29, 1.82) is 0 Å². The lowest BCUT2D eigenvalue weighted by Crippen LogP contribution is -2.15. The van der Waals surface area contributed by atoms with E-state index in [0.29, 0.717) is 6.04 Å². The number of nitrogens with one attached hydrogen (secondary N) is 2. The summed E-state index contributed by atoms with van der Waals surface area (Å²) in [5.74, 6) is 0. The van der Waals surface area contributed by atoms with Gasteiger partial charge in [-0.3, -0.25) is 0 Å². The zero-order valence-electron chi connectivity index (χ0n) is 11.4. The van der Waals surface area contributed by atoms with Crippen LogP contribution in [0.2, 0.25) is 0 Å². The third-order valence-electron chi connectivity index (χ3n) is 2.84. The van der Waals surface area contributed by atoms with Crippen LogP contribution in [0.4, 0.5) is 5.69 Å². The second-order valence-corrected chi connectivity index (χ2v) is 4.71. The van der Waals surface area contributed by atoms with Crippen molar-refractivity contribution < 1.29 is 0 Å². The van der Waals surface area contributed by atoms with Crippen LogP contribution in [0.15, 0.2) is 24.3 Å². The van der Waals surface area contributed by atoms with Gasteiger partial charge < -0.3 is 10.6 Å². The molecule has 1 atom stereocenters. The SMILES string of the molecule is CCCNCc1ccc(NC(C)CCC)cc1. The molecule has 0 fully saturated rings.